The van der Waals surface area contributed by atoms with Crippen molar-refractivity contribution >= 4 is 5.97 Å². The second kappa shape index (κ2) is 6.91. The third kappa shape index (κ3) is 3.50. The molecule has 2 aromatic rings. The Labute approximate surface area is 141 Å². The minimum Gasteiger partial charge on any atom is -0.495 e. The van der Waals surface area contributed by atoms with Crippen LogP contribution in [0.2, 0.25) is 0 Å². The van der Waals surface area contributed by atoms with Gasteiger partial charge >= 0.3 is 5.97 Å². The van der Waals surface area contributed by atoms with E-state index < -0.39 is 11.5 Å². The predicted molar refractivity (Wildman–Crippen MR) is 93.7 cm³/mol. The van der Waals surface area contributed by atoms with E-state index in [4.69, 9.17) is 9.47 Å². The van der Waals surface area contributed by atoms with Gasteiger partial charge in [-0.15, -0.1) is 0 Å². The van der Waals surface area contributed by atoms with E-state index in [1.165, 1.54) is 12.7 Å². The van der Waals surface area contributed by atoms with Gasteiger partial charge in [-0.2, -0.15) is 0 Å². The monoisotopic (exact) mass is 329 g/mol. The summed E-state index contributed by atoms with van der Waals surface area (Å²) >= 11 is 0. The van der Waals surface area contributed by atoms with Gasteiger partial charge in [0.2, 0.25) is 0 Å². The standard InChI is InChI=1S/C19H23NO4/c1-6-24-18(22)15-16(23-5)14(11-20-17(15)21)12-7-9-13(10-8-12)19(2,3)4/h7-11H,6H2,1-5H3,(H,20,21). The van der Waals surface area contributed by atoms with Crippen LogP contribution >= 0.6 is 0 Å². The molecule has 0 fully saturated rings. The molecule has 0 radical (unpaired) electrons. The van der Waals surface area contributed by atoms with Gasteiger partial charge in [0.25, 0.3) is 5.56 Å². The number of pyridine rings is 1. The summed E-state index contributed by atoms with van der Waals surface area (Å²) in [6, 6.07) is 7.96. The number of H-pyrrole nitrogens is 1. The number of carbonyl (C=O) groups excluding carboxylic acids is 1. The number of esters is 1. The van der Waals surface area contributed by atoms with Crippen LogP contribution in [0.25, 0.3) is 11.1 Å². The summed E-state index contributed by atoms with van der Waals surface area (Å²) in [5.74, 6) is -0.468. The highest BCUT2D eigenvalue weighted by atomic mass is 16.5. The van der Waals surface area contributed by atoms with Crippen LogP contribution in [0.5, 0.6) is 5.75 Å². The first kappa shape index (κ1) is 17.8. The van der Waals surface area contributed by atoms with E-state index in [-0.39, 0.29) is 23.3 Å². The number of hydrogen-bond acceptors (Lipinski definition) is 4. The van der Waals surface area contributed by atoms with Crippen LogP contribution in [-0.2, 0) is 10.2 Å². The van der Waals surface area contributed by atoms with Crippen molar-refractivity contribution in [2.24, 2.45) is 0 Å². The third-order valence-corrected chi connectivity index (χ3v) is 3.79. The maximum atomic E-state index is 12.1. The van der Waals surface area contributed by atoms with Crippen LogP contribution in [0, 0.1) is 0 Å². The number of methoxy groups -OCH3 is 1. The van der Waals surface area contributed by atoms with Crippen LogP contribution in [0.3, 0.4) is 0 Å². The lowest BCUT2D eigenvalue weighted by molar-refractivity contribution is 0.0520. The van der Waals surface area contributed by atoms with Gasteiger partial charge < -0.3 is 14.5 Å². The van der Waals surface area contributed by atoms with E-state index >= 15 is 0 Å². The summed E-state index contributed by atoms with van der Waals surface area (Å²) < 4.78 is 10.3. The van der Waals surface area contributed by atoms with Gasteiger partial charge in [-0.05, 0) is 23.5 Å². The Balaban J connectivity index is 2.57. The summed E-state index contributed by atoms with van der Waals surface area (Å²) in [4.78, 5) is 26.7. The number of nitrogens with one attached hydrogen (secondary N) is 1. The van der Waals surface area contributed by atoms with Crippen molar-refractivity contribution in [1.29, 1.82) is 0 Å². The van der Waals surface area contributed by atoms with E-state index in [2.05, 4.69) is 25.8 Å². The Bertz CT molecular complexity index is 782. The Morgan fingerprint density at radius 3 is 2.29 bits per heavy atom. The van der Waals surface area contributed by atoms with Gasteiger partial charge in [0.05, 0.1) is 13.7 Å². The summed E-state index contributed by atoms with van der Waals surface area (Å²) in [6.07, 6.45) is 1.55. The second-order valence-corrected chi connectivity index (χ2v) is 6.49. The largest absolute Gasteiger partial charge is 0.495 e. The van der Waals surface area contributed by atoms with E-state index in [1.807, 2.05) is 24.3 Å². The Hall–Kier alpha value is -2.56. The number of aromatic nitrogens is 1. The van der Waals surface area contributed by atoms with Crippen molar-refractivity contribution in [3.63, 3.8) is 0 Å². The minimum absolute atomic E-state index is 0.0453. The molecule has 0 spiro atoms. The van der Waals surface area contributed by atoms with Crippen molar-refractivity contribution in [2.45, 2.75) is 33.1 Å². The topological polar surface area (TPSA) is 68.4 Å². The summed E-state index contributed by atoms with van der Waals surface area (Å²) in [5, 5.41) is 0. The minimum atomic E-state index is -0.691. The number of benzene rings is 1. The van der Waals surface area contributed by atoms with Gasteiger partial charge in [0, 0.05) is 11.8 Å². The molecule has 1 N–H and O–H groups in total. The van der Waals surface area contributed by atoms with Gasteiger partial charge in [0.15, 0.2) is 5.56 Å². The molecule has 0 saturated heterocycles. The molecule has 0 aliphatic heterocycles. The lowest BCUT2D eigenvalue weighted by Gasteiger charge is -2.19. The van der Waals surface area contributed by atoms with Crippen molar-refractivity contribution in [3.05, 3.63) is 51.9 Å². The van der Waals surface area contributed by atoms with Crippen LogP contribution < -0.4 is 10.3 Å². The molecule has 1 heterocycles. The highest BCUT2D eigenvalue weighted by Crippen LogP contribution is 2.32. The molecular weight excluding hydrogens is 306 g/mol. The first-order valence-electron chi connectivity index (χ1n) is 7.87. The highest BCUT2D eigenvalue weighted by Gasteiger charge is 2.22. The van der Waals surface area contributed by atoms with E-state index in [9.17, 15) is 9.59 Å². The molecule has 1 aromatic heterocycles. The molecule has 0 aliphatic carbocycles. The Kier molecular flexibility index (Phi) is 5.12. The van der Waals surface area contributed by atoms with Crippen molar-refractivity contribution in [3.8, 4) is 16.9 Å². The molecule has 0 saturated carbocycles. The van der Waals surface area contributed by atoms with Crippen LogP contribution in [0.1, 0.15) is 43.6 Å². The molecule has 1 aromatic carbocycles. The SMILES string of the molecule is CCOC(=O)c1c(OC)c(-c2ccc(C(C)(C)C)cc2)c[nH]c1=O. The zero-order chi connectivity index (χ0) is 17.9. The van der Waals surface area contributed by atoms with E-state index in [0.717, 1.165) is 5.56 Å². The zero-order valence-electron chi connectivity index (χ0n) is 14.7. The van der Waals surface area contributed by atoms with Gasteiger partial charge in [-0.1, -0.05) is 45.0 Å². The fraction of sp³-hybridized carbons (Fsp3) is 0.368. The quantitative estimate of drug-likeness (QED) is 0.871. The van der Waals surface area contributed by atoms with Crippen LogP contribution in [0.15, 0.2) is 35.3 Å². The molecule has 0 atom stereocenters. The number of ether oxygens (including phenoxy) is 2. The fourth-order valence-corrected chi connectivity index (χ4v) is 2.48. The number of aromatic amines is 1. The first-order chi connectivity index (χ1) is 11.3. The number of carbonyl (C=O) groups is 1. The van der Waals surface area contributed by atoms with Crippen LogP contribution in [0.4, 0.5) is 0 Å². The summed E-state index contributed by atoms with van der Waals surface area (Å²) in [7, 11) is 1.44. The zero-order valence-corrected chi connectivity index (χ0v) is 14.7. The highest BCUT2D eigenvalue weighted by molar-refractivity contribution is 5.95. The van der Waals surface area contributed by atoms with Gasteiger partial charge in [-0.3, -0.25) is 4.79 Å². The average Bonchev–Trinajstić information content (AvgIpc) is 2.53. The van der Waals surface area contributed by atoms with Crippen molar-refractivity contribution < 1.29 is 14.3 Å². The molecule has 0 aliphatic rings. The van der Waals surface area contributed by atoms with Gasteiger partial charge in [0.1, 0.15) is 5.75 Å². The summed E-state index contributed by atoms with van der Waals surface area (Å²) in [5.41, 5.74) is 2.09. The van der Waals surface area contributed by atoms with Crippen molar-refractivity contribution in [2.75, 3.05) is 13.7 Å². The molecule has 0 bridgehead atoms. The molecule has 2 rings (SSSR count). The lowest BCUT2D eigenvalue weighted by atomic mass is 9.86. The van der Waals surface area contributed by atoms with E-state index in [1.54, 1.807) is 13.1 Å². The lowest BCUT2D eigenvalue weighted by Crippen LogP contribution is -2.21. The number of hydrogen-bond donors (Lipinski definition) is 1. The fourth-order valence-electron chi connectivity index (χ4n) is 2.48. The van der Waals surface area contributed by atoms with E-state index in [0.29, 0.717) is 5.56 Å². The molecule has 5 heteroatoms. The molecule has 128 valence electrons. The maximum Gasteiger partial charge on any atom is 0.347 e. The molecule has 0 amide bonds. The Morgan fingerprint density at radius 1 is 1.17 bits per heavy atom. The average molecular weight is 329 g/mol. The summed E-state index contributed by atoms with van der Waals surface area (Å²) in [6.45, 7) is 8.30. The predicted octanol–water partition coefficient (Wildman–Crippen LogP) is 3.52. The van der Waals surface area contributed by atoms with Crippen LogP contribution in [-0.4, -0.2) is 24.7 Å². The Morgan fingerprint density at radius 2 is 1.79 bits per heavy atom. The number of rotatable bonds is 4. The van der Waals surface area contributed by atoms with Gasteiger partial charge in [-0.25, -0.2) is 4.79 Å². The third-order valence-electron chi connectivity index (χ3n) is 3.79. The molecular formula is C19H23NO4. The molecule has 24 heavy (non-hydrogen) atoms. The first-order valence-corrected chi connectivity index (χ1v) is 7.87. The molecule has 5 nitrogen and oxygen atoms in total. The second-order valence-electron chi connectivity index (χ2n) is 6.49. The maximum absolute atomic E-state index is 12.1. The normalized spacial score (nSPS) is 11.2. The smallest absolute Gasteiger partial charge is 0.347 e. The van der Waals surface area contributed by atoms with Crippen molar-refractivity contribution in [1.82, 2.24) is 4.98 Å². The molecule has 0 unspecified atom stereocenters.